The van der Waals surface area contributed by atoms with Crippen molar-refractivity contribution in [1.82, 2.24) is 9.80 Å². The van der Waals surface area contributed by atoms with Gasteiger partial charge in [-0.2, -0.15) is 0 Å². The van der Waals surface area contributed by atoms with Gasteiger partial charge in [-0.25, -0.2) is 4.79 Å². The maximum Gasteiger partial charge on any atom is 0.320 e. The molecule has 0 saturated carbocycles. The van der Waals surface area contributed by atoms with E-state index in [2.05, 4.69) is 0 Å². The van der Waals surface area contributed by atoms with Gasteiger partial charge in [-0.15, -0.1) is 0 Å². The molecule has 0 aromatic carbocycles. The molecule has 6 heteroatoms. The van der Waals surface area contributed by atoms with E-state index < -0.39 is 11.9 Å². The Labute approximate surface area is 114 Å². The maximum atomic E-state index is 12.4. The Morgan fingerprint density at radius 3 is 2.63 bits per heavy atom. The molecule has 2 amide bonds. The van der Waals surface area contributed by atoms with E-state index in [4.69, 9.17) is 9.84 Å². The van der Waals surface area contributed by atoms with Crippen LogP contribution in [0.5, 0.6) is 0 Å². The van der Waals surface area contributed by atoms with E-state index in [1.165, 1.54) is 0 Å². The Hall–Kier alpha value is -1.30. The van der Waals surface area contributed by atoms with Crippen LogP contribution in [0.15, 0.2) is 0 Å². The highest BCUT2D eigenvalue weighted by Crippen LogP contribution is 2.14. The molecule has 3 unspecified atom stereocenters. The molecule has 0 spiro atoms. The molecular weight excluding hydrogens is 248 g/mol. The fraction of sp³-hybridized carbons (Fsp3) is 0.846. The molecule has 1 N–H and O–H groups in total. The predicted molar refractivity (Wildman–Crippen MR) is 71.0 cm³/mol. The number of carboxylic acids is 1. The first-order valence-corrected chi connectivity index (χ1v) is 6.76. The molecule has 0 aromatic rings. The van der Waals surface area contributed by atoms with Gasteiger partial charge in [0.25, 0.3) is 0 Å². The molecule has 0 aliphatic carbocycles. The highest BCUT2D eigenvalue weighted by Gasteiger charge is 2.31. The van der Waals surface area contributed by atoms with Crippen molar-refractivity contribution in [2.45, 2.75) is 39.8 Å². The summed E-state index contributed by atoms with van der Waals surface area (Å²) in [5.74, 6) is -1.44. The van der Waals surface area contributed by atoms with E-state index in [9.17, 15) is 9.59 Å². The van der Waals surface area contributed by atoms with Crippen LogP contribution in [0.25, 0.3) is 0 Å². The maximum absolute atomic E-state index is 12.4. The fourth-order valence-electron chi connectivity index (χ4n) is 2.10. The smallest absolute Gasteiger partial charge is 0.320 e. The number of rotatable bonds is 4. The van der Waals surface area contributed by atoms with Crippen LogP contribution >= 0.6 is 0 Å². The average Bonchev–Trinajstić information content (AvgIpc) is 2.37. The van der Waals surface area contributed by atoms with Crippen LogP contribution in [-0.2, 0) is 9.53 Å². The molecule has 1 fully saturated rings. The third kappa shape index (κ3) is 4.09. The standard InChI is InChI=1S/C13H24N2O4/c1-5-14(6-9(2)12(16)17)13(18)15-7-11(4)19-8-10(15)3/h9-11H,5-8H2,1-4H3,(H,16,17). The monoisotopic (exact) mass is 272 g/mol. The van der Waals surface area contributed by atoms with Gasteiger partial charge in [0.15, 0.2) is 0 Å². The number of ether oxygens (including phenoxy) is 1. The zero-order chi connectivity index (χ0) is 14.6. The lowest BCUT2D eigenvalue weighted by Crippen LogP contribution is -2.55. The van der Waals surface area contributed by atoms with E-state index in [-0.39, 0.29) is 24.7 Å². The second-order valence-corrected chi connectivity index (χ2v) is 5.21. The summed E-state index contributed by atoms with van der Waals surface area (Å²) in [6.45, 7) is 9.18. The number of carboxylic acid groups (broad SMARTS) is 1. The van der Waals surface area contributed by atoms with E-state index in [0.717, 1.165) is 0 Å². The van der Waals surface area contributed by atoms with Crippen molar-refractivity contribution in [1.29, 1.82) is 0 Å². The molecule has 0 bridgehead atoms. The lowest BCUT2D eigenvalue weighted by Gasteiger charge is -2.39. The highest BCUT2D eigenvalue weighted by molar-refractivity contribution is 5.76. The summed E-state index contributed by atoms with van der Waals surface area (Å²) in [4.78, 5) is 26.7. The van der Waals surface area contributed by atoms with Gasteiger partial charge in [0, 0.05) is 19.6 Å². The highest BCUT2D eigenvalue weighted by atomic mass is 16.5. The number of carbonyl (C=O) groups excluding carboxylic acids is 1. The Balaban J connectivity index is 2.69. The number of aliphatic carboxylic acids is 1. The van der Waals surface area contributed by atoms with E-state index in [0.29, 0.717) is 19.7 Å². The molecule has 6 nitrogen and oxygen atoms in total. The molecule has 19 heavy (non-hydrogen) atoms. The van der Waals surface area contributed by atoms with Crippen molar-refractivity contribution in [3.63, 3.8) is 0 Å². The molecule has 1 heterocycles. The van der Waals surface area contributed by atoms with Gasteiger partial charge in [0.1, 0.15) is 0 Å². The van der Waals surface area contributed by atoms with Gasteiger partial charge in [0.05, 0.1) is 24.7 Å². The van der Waals surface area contributed by atoms with Crippen LogP contribution in [0.4, 0.5) is 4.79 Å². The van der Waals surface area contributed by atoms with E-state index >= 15 is 0 Å². The largest absolute Gasteiger partial charge is 0.481 e. The molecule has 0 aromatic heterocycles. The summed E-state index contributed by atoms with van der Waals surface area (Å²) < 4.78 is 5.50. The Morgan fingerprint density at radius 2 is 2.11 bits per heavy atom. The van der Waals surface area contributed by atoms with Crippen molar-refractivity contribution >= 4 is 12.0 Å². The first kappa shape index (κ1) is 15.8. The SMILES string of the molecule is CCN(CC(C)C(=O)O)C(=O)N1CC(C)OCC1C. The Morgan fingerprint density at radius 1 is 1.47 bits per heavy atom. The van der Waals surface area contributed by atoms with Gasteiger partial charge in [-0.3, -0.25) is 4.79 Å². The third-order valence-corrected chi connectivity index (χ3v) is 3.42. The summed E-state index contributed by atoms with van der Waals surface area (Å²) in [5.41, 5.74) is 0. The predicted octanol–water partition coefficient (Wildman–Crippen LogP) is 1.26. The normalized spacial score (nSPS) is 24.9. The summed E-state index contributed by atoms with van der Waals surface area (Å²) in [6.07, 6.45) is 0.0238. The van der Waals surface area contributed by atoms with Crippen molar-refractivity contribution in [3.05, 3.63) is 0 Å². The second-order valence-electron chi connectivity index (χ2n) is 5.21. The molecule has 1 saturated heterocycles. The van der Waals surface area contributed by atoms with Crippen LogP contribution in [0, 0.1) is 5.92 Å². The first-order chi connectivity index (χ1) is 8.86. The minimum atomic E-state index is -0.880. The number of urea groups is 1. The average molecular weight is 272 g/mol. The number of morpholine rings is 1. The molecule has 110 valence electrons. The van der Waals surface area contributed by atoms with Crippen LogP contribution < -0.4 is 0 Å². The summed E-state index contributed by atoms with van der Waals surface area (Å²) >= 11 is 0. The quantitative estimate of drug-likeness (QED) is 0.836. The number of nitrogens with zero attached hydrogens (tertiary/aromatic N) is 2. The second kappa shape index (κ2) is 6.75. The lowest BCUT2D eigenvalue weighted by molar-refractivity contribution is -0.141. The van der Waals surface area contributed by atoms with Crippen molar-refractivity contribution in [2.24, 2.45) is 5.92 Å². The molecule has 1 aliphatic heterocycles. The molecule has 3 atom stereocenters. The number of carbonyl (C=O) groups is 2. The van der Waals surface area contributed by atoms with Gasteiger partial charge < -0.3 is 19.6 Å². The van der Waals surface area contributed by atoms with Crippen molar-refractivity contribution < 1.29 is 19.4 Å². The molecule has 0 radical (unpaired) electrons. The summed E-state index contributed by atoms with van der Waals surface area (Å²) in [6, 6.07) is -0.0730. The Kier molecular flexibility index (Phi) is 5.60. The van der Waals surface area contributed by atoms with Crippen molar-refractivity contribution in [3.8, 4) is 0 Å². The zero-order valence-electron chi connectivity index (χ0n) is 12.1. The number of amides is 2. The molecule has 1 aliphatic rings. The van der Waals surface area contributed by atoms with Gasteiger partial charge >= 0.3 is 12.0 Å². The summed E-state index contributed by atoms with van der Waals surface area (Å²) in [7, 11) is 0. The number of hydrogen-bond acceptors (Lipinski definition) is 3. The molecule has 1 rings (SSSR count). The third-order valence-electron chi connectivity index (χ3n) is 3.42. The van der Waals surface area contributed by atoms with Crippen LogP contribution in [0.1, 0.15) is 27.7 Å². The fourth-order valence-corrected chi connectivity index (χ4v) is 2.10. The lowest BCUT2D eigenvalue weighted by atomic mass is 10.1. The van der Waals surface area contributed by atoms with E-state index in [1.54, 1.807) is 16.7 Å². The minimum Gasteiger partial charge on any atom is -0.481 e. The van der Waals surface area contributed by atoms with Gasteiger partial charge in [-0.1, -0.05) is 6.92 Å². The zero-order valence-corrected chi connectivity index (χ0v) is 12.1. The Bertz CT molecular complexity index is 335. The first-order valence-electron chi connectivity index (χ1n) is 6.76. The topological polar surface area (TPSA) is 70.1 Å². The van der Waals surface area contributed by atoms with Gasteiger partial charge in [0.2, 0.25) is 0 Å². The molecular formula is C13H24N2O4. The van der Waals surface area contributed by atoms with Gasteiger partial charge in [-0.05, 0) is 20.8 Å². The van der Waals surface area contributed by atoms with Crippen LogP contribution in [-0.4, -0.2) is 65.3 Å². The van der Waals surface area contributed by atoms with Crippen LogP contribution in [0.2, 0.25) is 0 Å². The van der Waals surface area contributed by atoms with Crippen molar-refractivity contribution in [2.75, 3.05) is 26.2 Å². The minimum absolute atomic E-state index is 0.0238. The van der Waals surface area contributed by atoms with Crippen LogP contribution in [0.3, 0.4) is 0 Å². The number of hydrogen-bond donors (Lipinski definition) is 1. The van der Waals surface area contributed by atoms with E-state index in [1.807, 2.05) is 20.8 Å². The summed E-state index contributed by atoms with van der Waals surface area (Å²) in [5, 5.41) is 8.94.